The summed E-state index contributed by atoms with van der Waals surface area (Å²) in [5.74, 6) is 1.77. The zero-order valence-electron chi connectivity index (χ0n) is 16.1. The van der Waals surface area contributed by atoms with Gasteiger partial charge in [-0.25, -0.2) is 12.7 Å². The SMILES string of the molecule is CCNC(=NCCCN(CC)S(C)(=O)=O)NCCCC1CCCC1.I. The summed E-state index contributed by atoms with van der Waals surface area (Å²) >= 11 is 0. The van der Waals surface area contributed by atoms with Crippen molar-refractivity contribution in [3.63, 3.8) is 0 Å². The van der Waals surface area contributed by atoms with Gasteiger partial charge in [-0.15, -0.1) is 24.0 Å². The van der Waals surface area contributed by atoms with Crippen LogP contribution in [0.15, 0.2) is 4.99 Å². The molecule has 0 amide bonds. The first-order valence-electron chi connectivity index (χ1n) is 9.44. The molecule has 1 saturated carbocycles. The molecular formula is C17H37IN4O2S. The summed E-state index contributed by atoms with van der Waals surface area (Å²) in [5.41, 5.74) is 0. The second kappa shape index (κ2) is 14.0. The first kappa shape index (κ1) is 24.9. The van der Waals surface area contributed by atoms with Crippen LogP contribution >= 0.6 is 24.0 Å². The van der Waals surface area contributed by atoms with Crippen molar-refractivity contribution in [3.8, 4) is 0 Å². The number of hydrogen-bond donors (Lipinski definition) is 2. The largest absolute Gasteiger partial charge is 0.357 e. The van der Waals surface area contributed by atoms with Crippen molar-refractivity contribution in [2.45, 2.75) is 58.8 Å². The number of nitrogens with one attached hydrogen (secondary N) is 2. The molecule has 6 nitrogen and oxygen atoms in total. The van der Waals surface area contributed by atoms with Crippen molar-refractivity contribution in [2.75, 3.05) is 39.0 Å². The lowest BCUT2D eigenvalue weighted by atomic mass is 10.0. The Kier molecular flexibility index (Phi) is 14.0. The molecule has 2 N–H and O–H groups in total. The number of hydrogen-bond acceptors (Lipinski definition) is 3. The number of aliphatic imine (C=N–C) groups is 1. The van der Waals surface area contributed by atoms with E-state index in [9.17, 15) is 8.42 Å². The summed E-state index contributed by atoms with van der Waals surface area (Å²) < 4.78 is 24.6. The number of rotatable bonds is 11. The Morgan fingerprint density at radius 2 is 1.84 bits per heavy atom. The van der Waals surface area contributed by atoms with E-state index in [2.05, 4.69) is 22.5 Å². The van der Waals surface area contributed by atoms with Gasteiger partial charge in [-0.1, -0.05) is 32.6 Å². The summed E-state index contributed by atoms with van der Waals surface area (Å²) in [6.45, 7) is 7.37. The van der Waals surface area contributed by atoms with Crippen molar-refractivity contribution < 1.29 is 8.42 Å². The maximum absolute atomic E-state index is 11.5. The van der Waals surface area contributed by atoms with E-state index in [0.717, 1.165) is 31.4 Å². The van der Waals surface area contributed by atoms with Crippen molar-refractivity contribution in [2.24, 2.45) is 10.9 Å². The van der Waals surface area contributed by atoms with Gasteiger partial charge in [0.25, 0.3) is 0 Å². The highest BCUT2D eigenvalue weighted by atomic mass is 127. The molecule has 0 aromatic rings. The lowest BCUT2D eigenvalue weighted by Crippen LogP contribution is -2.38. The minimum atomic E-state index is -3.10. The van der Waals surface area contributed by atoms with Crippen LogP contribution < -0.4 is 10.6 Å². The minimum Gasteiger partial charge on any atom is -0.357 e. The monoisotopic (exact) mass is 488 g/mol. The highest BCUT2D eigenvalue weighted by molar-refractivity contribution is 14.0. The number of halogens is 1. The molecule has 1 fully saturated rings. The van der Waals surface area contributed by atoms with Crippen LogP contribution in [0.5, 0.6) is 0 Å². The fraction of sp³-hybridized carbons (Fsp3) is 0.941. The van der Waals surface area contributed by atoms with Crippen LogP contribution in [0.2, 0.25) is 0 Å². The van der Waals surface area contributed by atoms with Crippen molar-refractivity contribution >= 4 is 40.0 Å². The highest BCUT2D eigenvalue weighted by Gasteiger charge is 2.14. The Morgan fingerprint density at radius 1 is 1.16 bits per heavy atom. The Hall–Kier alpha value is -0.0900. The molecule has 0 saturated heterocycles. The maximum atomic E-state index is 11.5. The predicted molar refractivity (Wildman–Crippen MR) is 117 cm³/mol. The van der Waals surface area contributed by atoms with Gasteiger partial charge >= 0.3 is 0 Å². The third-order valence-corrected chi connectivity index (χ3v) is 5.94. The van der Waals surface area contributed by atoms with E-state index in [1.165, 1.54) is 49.1 Å². The van der Waals surface area contributed by atoms with Crippen LogP contribution in [0.25, 0.3) is 0 Å². The molecule has 1 aliphatic rings. The maximum Gasteiger partial charge on any atom is 0.211 e. The van der Waals surface area contributed by atoms with Crippen LogP contribution in [0.3, 0.4) is 0 Å². The van der Waals surface area contributed by atoms with E-state index >= 15 is 0 Å². The minimum absolute atomic E-state index is 0. The topological polar surface area (TPSA) is 73.8 Å². The molecule has 0 bridgehead atoms. The van der Waals surface area contributed by atoms with Crippen LogP contribution in [0, 0.1) is 5.92 Å². The predicted octanol–water partition coefficient (Wildman–Crippen LogP) is 2.80. The Morgan fingerprint density at radius 3 is 2.40 bits per heavy atom. The van der Waals surface area contributed by atoms with Gasteiger partial charge in [-0.2, -0.15) is 0 Å². The summed E-state index contributed by atoms with van der Waals surface area (Å²) in [4.78, 5) is 4.54. The zero-order valence-corrected chi connectivity index (χ0v) is 19.2. The van der Waals surface area contributed by atoms with Gasteiger partial charge in [0.15, 0.2) is 5.96 Å². The first-order chi connectivity index (χ1) is 11.5. The quantitative estimate of drug-likeness (QED) is 0.203. The molecule has 0 atom stereocenters. The van der Waals surface area contributed by atoms with Crippen LogP contribution in [-0.2, 0) is 10.0 Å². The number of nitrogens with zero attached hydrogens (tertiary/aromatic N) is 2. The summed E-state index contributed by atoms with van der Waals surface area (Å²) in [7, 11) is -3.10. The Labute approximate surface area is 171 Å². The van der Waals surface area contributed by atoms with Crippen molar-refractivity contribution in [3.05, 3.63) is 0 Å². The van der Waals surface area contributed by atoms with Gasteiger partial charge in [-0.3, -0.25) is 4.99 Å². The van der Waals surface area contributed by atoms with Gasteiger partial charge in [0.05, 0.1) is 6.26 Å². The molecule has 0 unspecified atom stereocenters. The summed E-state index contributed by atoms with van der Waals surface area (Å²) in [6, 6.07) is 0. The van der Waals surface area contributed by atoms with Crippen LogP contribution in [-0.4, -0.2) is 57.7 Å². The first-order valence-corrected chi connectivity index (χ1v) is 11.3. The highest BCUT2D eigenvalue weighted by Crippen LogP contribution is 2.28. The third-order valence-electron chi connectivity index (χ3n) is 4.56. The zero-order chi connectivity index (χ0) is 17.8. The van der Waals surface area contributed by atoms with E-state index in [4.69, 9.17) is 0 Å². The number of guanidine groups is 1. The molecule has 0 heterocycles. The fourth-order valence-corrected chi connectivity index (χ4v) is 4.16. The lowest BCUT2D eigenvalue weighted by Gasteiger charge is -2.17. The molecule has 0 aromatic carbocycles. The van der Waals surface area contributed by atoms with E-state index in [1.54, 1.807) is 0 Å². The van der Waals surface area contributed by atoms with E-state index in [-0.39, 0.29) is 24.0 Å². The molecule has 0 radical (unpaired) electrons. The lowest BCUT2D eigenvalue weighted by molar-refractivity contribution is 0.427. The van der Waals surface area contributed by atoms with E-state index < -0.39 is 10.0 Å². The molecule has 8 heteroatoms. The Bertz CT molecular complexity index is 465. The van der Waals surface area contributed by atoms with Crippen molar-refractivity contribution in [1.29, 1.82) is 0 Å². The third kappa shape index (κ3) is 11.3. The molecular weight excluding hydrogens is 451 g/mol. The summed E-state index contributed by atoms with van der Waals surface area (Å²) in [6.07, 6.45) is 10.1. The normalized spacial score (nSPS) is 16.1. The van der Waals surface area contributed by atoms with E-state index in [0.29, 0.717) is 19.6 Å². The number of sulfonamides is 1. The molecule has 1 rings (SSSR count). The second-order valence-corrected chi connectivity index (χ2v) is 8.57. The fourth-order valence-electron chi connectivity index (χ4n) is 3.23. The standard InChI is InChI=1S/C17H36N4O2S.HI/c1-4-18-17(19-13-8-12-16-10-6-7-11-16)20-14-9-15-21(5-2)24(3,22)23;/h16H,4-15H2,1-3H3,(H2,18,19,20);1H. The van der Waals surface area contributed by atoms with Gasteiger partial charge in [0.1, 0.15) is 0 Å². The average Bonchev–Trinajstić information content (AvgIpc) is 3.03. The summed E-state index contributed by atoms with van der Waals surface area (Å²) in [5, 5.41) is 6.63. The van der Waals surface area contributed by atoms with Gasteiger partial charge in [-0.05, 0) is 32.1 Å². The molecule has 0 aromatic heterocycles. The molecule has 25 heavy (non-hydrogen) atoms. The van der Waals surface area contributed by atoms with Crippen molar-refractivity contribution in [1.82, 2.24) is 14.9 Å². The average molecular weight is 488 g/mol. The van der Waals surface area contributed by atoms with Gasteiger partial charge < -0.3 is 10.6 Å². The smallest absolute Gasteiger partial charge is 0.211 e. The Balaban J connectivity index is 0.00000576. The van der Waals surface area contributed by atoms with E-state index in [1.807, 2.05) is 6.92 Å². The van der Waals surface area contributed by atoms with Gasteiger partial charge in [0, 0.05) is 32.7 Å². The van der Waals surface area contributed by atoms with Crippen LogP contribution in [0.4, 0.5) is 0 Å². The second-order valence-electron chi connectivity index (χ2n) is 6.59. The molecule has 0 aliphatic heterocycles. The molecule has 1 aliphatic carbocycles. The molecule has 0 spiro atoms. The van der Waals surface area contributed by atoms with Gasteiger partial charge in [0.2, 0.25) is 10.0 Å². The van der Waals surface area contributed by atoms with Crippen LogP contribution in [0.1, 0.15) is 58.8 Å². The molecule has 150 valence electrons.